The molecule has 2 aromatic carbocycles. The van der Waals surface area contributed by atoms with Crippen molar-refractivity contribution in [2.75, 3.05) is 24.7 Å². The number of halogens is 1. The first-order valence-electron chi connectivity index (χ1n) is 7.97. The van der Waals surface area contributed by atoms with Gasteiger partial charge < -0.3 is 14.4 Å². The number of rotatable bonds is 5. The van der Waals surface area contributed by atoms with E-state index in [0.717, 1.165) is 23.2 Å². The van der Waals surface area contributed by atoms with E-state index < -0.39 is 5.97 Å². The molecule has 0 spiro atoms. The van der Waals surface area contributed by atoms with Gasteiger partial charge in [0.15, 0.2) is 13.2 Å². The average molecular weight is 360 g/mol. The lowest BCUT2D eigenvalue weighted by molar-refractivity contribution is -0.149. The van der Waals surface area contributed by atoms with Gasteiger partial charge >= 0.3 is 5.97 Å². The Hall–Kier alpha value is -2.53. The first-order valence-corrected chi connectivity index (χ1v) is 8.35. The van der Waals surface area contributed by atoms with Crippen molar-refractivity contribution in [3.05, 3.63) is 58.6 Å². The number of para-hydroxylation sites is 1. The summed E-state index contributed by atoms with van der Waals surface area (Å²) >= 11 is 6.00. The van der Waals surface area contributed by atoms with Gasteiger partial charge in [-0.25, -0.2) is 4.79 Å². The Labute approximate surface area is 151 Å². The van der Waals surface area contributed by atoms with Gasteiger partial charge in [0.1, 0.15) is 5.75 Å². The minimum absolute atomic E-state index is 0.244. The van der Waals surface area contributed by atoms with Crippen LogP contribution in [0.15, 0.2) is 42.5 Å². The predicted molar refractivity (Wildman–Crippen MR) is 95.1 cm³/mol. The summed E-state index contributed by atoms with van der Waals surface area (Å²) in [7, 11) is 0. The Kier molecular flexibility index (Phi) is 5.24. The van der Waals surface area contributed by atoms with E-state index in [4.69, 9.17) is 21.1 Å². The number of hydrogen-bond donors (Lipinski definition) is 0. The summed E-state index contributed by atoms with van der Waals surface area (Å²) in [5, 5.41) is 0.420. The molecular weight excluding hydrogens is 342 g/mol. The van der Waals surface area contributed by atoms with Gasteiger partial charge in [-0.15, -0.1) is 0 Å². The molecule has 0 aliphatic carbocycles. The van der Waals surface area contributed by atoms with Crippen LogP contribution in [-0.2, 0) is 20.7 Å². The number of ether oxygens (including phenoxy) is 2. The molecule has 2 aromatic rings. The average Bonchev–Trinajstić information content (AvgIpc) is 3.04. The Morgan fingerprint density at radius 3 is 2.80 bits per heavy atom. The molecule has 3 rings (SSSR count). The molecule has 0 atom stereocenters. The van der Waals surface area contributed by atoms with Gasteiger partial charge in [0.05, 0.1) is 5.02 Å². The molecule has 130 valence electrons. The van der Waals surface area contributed by atoms with Crippen molar-refractivity contribution >= 4 is 29.2 Å². The molecule has 0 N–H and O–H groups in total. The van der Waals surface area contributed by atoms with Gasteiger partial charge in [0.2, 0.25) is 0 Å². The lowest BCUT2D eigenvalue weighted by Crippen LogP contribution is -2.33. The monoisotopic (exact) mass is 359 g/mol. The van der Waals surface area contributed by atoms with E-state index in [1.165, 1.54) is 0 Å². The summed E-state index contributed by atoms with van der Waals surface area (Å²) in [5.74, 6) is -0.441. The highest BCUT2D eigenvalue weighted by atomic mass is 35.5. The van der Waals surface area contributed by atoms with Crippen LogP contribution in [0.2, 0.25) is 5.02 Å². The molecule has 0 radical (unpaired) electrons. The van der Waals surface area contributed by atoms with E-state index in [9.17, 15) is 9.59 Å². The summed E-state index contributed by atoms with van der Waals surface area (Å²) < 4.78 is 10.4. The molecule has 0 unspecified atom stereocenters. The van der Waals surface area contributed by atoms with Crippen LogP contribution in [0, 0.1) is 6.92 Å². The third kappa shape index (κ3) is 4.12. The van der Waals surface area contributed by atoms with Crippen LogP contribution < -0.4 is 9.64 Å². The highest BCUT2D eigenvalue weighted by molar-refractivity contribution is 6.32. The first-order chi connectivity index (χ1) is 12.0. The first kappa shape index (κ1) is 17.3. The summed E-state index contributed by atoms with van der Waals surface area (Å²) in [6, 6.07) is 13.0. The predicted octanol–water partition coefficient (Wildman–Crippen LogP) is 3.16. The van der Waals surface area contributed by atoms with Crippen molar-refractivity contribution in [1.82, 2.24) is 0 Å². The third-order valence-corrected chi connectivity index (χ3v) is 4.29. The number of amides is 1. The molecule has 0 aromatic heterocycles. The van der Waals surface area contributed by atoms with E-state index in [0.29, 0.717) is 17.3 Å². The second-order valence-electron chi connectivity index (χ2n) is 5.81. The maximum absolute atomic E-state index is 12.3. The fourth-order valence-electron chi connectivity index (χ4n) is 2.72. The minimum Gasteiger partial charge on any atom is -0.480 e. The lowest BCUT2D eigenvalue weighted by atomic mass is 10.2. The number of hydrogen-bond acceptors (Lipinski definition) is 4. The van der Waals surface area contributed by atoms with E-state index >= 15 is 0 Å². The summed E-state index contributed by atoms with van der Waals surface area (Å²) in [6.45, 7) is 1.89. The van der Waals surface area contributed by atoms with E-state index in [1.54, 1.807) is 17.0 Å². The highest BCUT2D eigenvalue weighted by Gasteiger charge is 2.24. The van der Waals surface area contributed by atoms with Crippen molar-refractivity contribution in [1.29, 1.82) is 0 Å². The van der Waals surface area contributed by atoms with Gasteiger partial charge in [0.25, 0.3) is 5.91 Å². The SMILES string of the molecule is Cc1ccc(Cl)c(OCC(=O)OCC(=O)N2CCc3ccccc32)c1. The van der Waals surface area contributed by atoms with Crippen molar-refractivity contribution in [3.8, 4) is 5.75 Å². The van der Waals surface area contributed by atoms with Crippen LogP contribution in [0.4, 0.5) is 5.69 Å². The molecule has 1 aliphatic rings. The zero-order valence-corrected chi connectivity index (χ0v) is 14.6. The number of nitrogens with zero attached hydrogens (tertiary/aromatic N) is 1. The van der Waals surface area contributed by atoms with E-state index in [2.05, 4.69) is 0 Å². The number of esters is 1. The fourth-order valence-corrected chi connectivity index (χ4v) is 2.89. The fraction of sp³-hybridized carbons (Fsp3) is 0.263. The number of carbonyl (C=O) groups excluding carboxylic acids is 2. The lowest BCUT2D eigenvalue weighted by Gasteiger charge is -2.17. The highest BCUT2D eigenvalue weighted by Crippen LogP contribution is 2.27. The topological polar surface area (TPSA) is 55.8 Å². The van der Waals surface area contributed by atoms with E-state index in [1.807, 2.05) is 37.3 Å². The number of carbonyl (C=O) groups is 2. The zero-order valence-electron chi connectivity index (χ0n) is 13.8. The Bertz CT molecular complexity index is 806. The van der Waals surface area contributed by atoms with Crippen LogP contribution in [-0.4, -0.2) is 31.6 Å². The van der Waals surface area contributed by atoms with Crippen molar-refractivity contribution in [3.63, 3.8) is 0 Å². The van der Waals surface area contributed by atoms with Crippen molar-refractivity contribution in [2.45, 2.75) is 13.3 Å². The quantitative estimate of drug-likeness (QED) is 0.769. The normalized spacial score (nSPS) is 12.6. The number of benzene rings is 2. The molecule has 5 nitrogen and oxygen atoms in total. The molecule has 6 heteroatoms. The maximum atomic E-state index is 12.3. The summed E-state index contributed by atoms with van der Waals surface area (Å²) in [6.07, 6.45) is 0.810. The molecule has 1 amide bonds. The maximum Gasteiger partial charge on any atom is 0.344 e. The Balaban J connectivity index is 1.49. The second kappa shape index (κ2) is 7.57. The van der Waals surface area contributed by atoms with Crippen molar-refractivity contribution < 1.29 is 19.1 Å². The third-order valence-electron chi connectivity index (χ3n) is 3.98. The zero-order chi connectivity index (χ0) is 17.8. The molecule has 25 heavy (non-hydrogen) atoms. The molecule has 0 fully saturated rings. The minimum atomic E-state index is -0.613. The standard InChI is InChI=1S/C19H18ClNO4/c1-13-6-7-15(20)17(10-13)24-12-19(23)25-11-18(22)21-9-8-14-4-2-3-5-16(14)21/h2-7,10H,8-9,11-12H2,1H3. The number of fused-ring (bicyclic) bond motifs is 1. The van der Waals surface area contributed by atoms with E-state index in [-0.39, 0.29) is 19.1 Å². The van der Waals surface area contributed by atoms with Gasteiger partial charge in [0, 0.05) is 12.2 Å². The number of anilines is 1. The molecule has 1 heterocycles. The summed E-state index contributed by atoms with van der Waals surface area (Å²) in [5.41, 5.74) is 2.97. The smallest absolute Gasteiger partial charge is 0.344 e. The molecule has 0 bridgehead atoms. The molecular formula is C19H18ClNO4. The molecule has 0 saturated carbocycles. The summed E-state index contributed by atoms with van der Waals surface area (Å²) in [4.78, 5) is 25.7. The number of aryl methyl sites for hydroxylation is 1. The van der Waals surface area contributed by atoms with Crippen molar-refractivity contribution in [2.24, 2.45) is 0 Å². The molecule has 0 saturated heterocycles. The van der Waals surface area contributed by atoms with Crippen LogP contribution in [0.3, 0.4) is 0 Å². The van der Waals surface area contributed by atoms with Gasteiger partial charge in [-0.05, 0) is 42.7 Å². The van der Waals surface area contributed by atoms with Crippen LogP contribution in [0.5, 0.6) is 5.75 Å². The largest absolute Gasteiger partial charge is 0.480 e. The second-order valence-corrected chi connectivity index (χ2v) is 6.21. The Morgan fingerprint density at radius 2 is 1.96 bits per heavy atom. The van der Waals surface area contributed by atoms with Gasteiger partial charge in [-0.3, -0.25) is 4.79 Å². The van der Waals surface area contributed by atoms with Crippen LogP contribution in [0.25, 0.3) is 0 Å². The van der Waals surface area contributed by atoms with Crippen LogP contribution >= 0.6 is 11.6 Å². The van der Waals surface area contributed by atoms with Crippen LogP contribution in [0.1, 0.15) is 11.1 Å². The van der Waals surface area contributed by atoms with Gasteiger partial charge in [-0.1, -0.05) is 35.9 Å². The van der Waals surface area contributed by atoms with Gasteiger partial charge in [-0.2, -0.15) is 0 Å². The molecule has 1 aliphatic heterocycles. The Morgan fingerprint density at radius 1 is 1.16 bits per heavy atom.